The van der Waals surface area contributed by atoms with Gasteiger partial charge in [-0.1, -0.05) is 19.9 Å². The first kappa shape index (κ1) is 15.2. The average Bonchev–Trinajstić information content (AvgIpc) is 2.33. The third kappa shape index (κ3) is 4.78. The molecule has 4 nitrogen and oxygen atoms in total. The fourth-order valence-corrected chi connectivity index (χ4v) is 2.36. The smallest absolute Gasteiger partial charge is 0.331 e. The predicted octanol–water partition coefficient (Wildman–Crippen LogP) is 1.94. The summed E-state index contributed by atoms with van der Waals surface area (Å²) in [5.74, 6) is -0.145. The van der Waals surface area contributed by atoms with E-state index in [0.717, 1.165) is 25.7 Å². The van der Waals surface area contributed by atoms with Crippen LogP contribution in [-0.4, -0.2) is 34.9 Å². The summed E-state index contributed by atoms with van der Waals surface area (Å²) in [5.41, 5.74) is -0.178. The van der Waals surface area contributed by atoms with Crippen molar-refractivity contribution in [2.45, 2.75) is 51.6 Å². The zero-order valence-electron chi connectivity index (χ0n) is 11.4. The summed E-state index contributed by atoms with van der Waals surface area (Å²) in [7, 11) is 0. The molecular weight excluding hydrogens is 230 g/mol. The second-order valence-corrected chi connectivity index (χ2v) is 5.43. The average molecular weight is 255 g/mol. The van der Waals surface area contributed by atoms with Crippen molar-refractivity contribution in [1.29, 1.82) is 0 Å². The fraction of sp³-hybridized carbons (Fsp3) is 0.786. The summed E-state index contributed by atoms with van der Waals surface area (Å²) in [4.78, 5) is 10.8. The quantitative estimate of drug-likeness (QED) is 0.501. The number of hydrogen-bond acceptors (Lipinski definition) is 3. The van der Waals surface area contributed by atoms with Crippen LogP contribution >= 0.6 is 0 Å². The Hall–Kier alpha value is -0.870. The number of carboxylic acids is 1. The van der Waals surface area contributed by atoms with Gasteiger partial charge in [0.2, 0.25) is 0 Å². The number of aliphatic hydroxyl groups is 1. The molecule has 0 aromatic rings. The number of carboxylic acid groups (broad SMARTS) is 1. The van der Waals surface area contributed by atoms with Gasteiger partial charge in [0.25, 0.3) is 0 Å². The molecule has 1 aliphatic carbocycles. The van der Waals surface area contributed by atoms with Crippen molar-refractivity contribution in [3.63, 3.8) is 0 Å². The summed E-state index contributed by atoms with van der Waals surface area (Å²) in [6.07, 6.45) is 6.04. The van der Waals surface area contributed by atoms with E-state index in [-0.39, 0.29) is 0 Å². The standard InChI is InChI=1S/C14H25NO3/c1-3-12(13(16)17)6-9-15-10-14(18)7-4-11(2)5-8-14/h6,11,15,18H,3-5,7-10H2,1-2H3,(H,16,17). The largest absolute Gasteiger partial charge is 0.478 e. The first-order valence-corrected chi connectivity index (χ1v) is 6.82. The molecule has 3 N–H and O–H groups in total. The van der Waals surface area contributed by atoms with Crippen LogP contribution in [0.25, 0.3) is 0 Å². The Labute approximate surface area is 109 Å². The maximum Gasteiger partial charge on any atom is 0.331 e. The molecule has 0 spiro atoms. The number of nitrogens with one attached hydrogen (secondary N) is 1. The first-order chi connectivity index (χ1) is 8.47. The molecule has 4 heteroatoms. The second kappa shape index (κ2) is 6.90. The summed E-state index contributed by atoms with van der Waals surface area (Å²) in [6.45, 7) is 5.10. The molecule has 0 heterocycles. The molecule has 0 amide bonds. The summed E-state index contributed by atoms with van der Waals surface area (Å²) < 4.78 is 0. The van der Waals surface area contributed by atoms with Gasteiger partial charge in [-0.25, -0.2) is 4.79 Å². The van der Waals surface area contributed by atoms with Crippen molar-refractivity contribution >= 4 is 5.97 Å². The SMILES string of the molecule is CCC(=CCNCC1(O)CCC(C)CC1)C(=O)O. The zero-order valence-corrected chi connectivity index (χ0v) is 11.4. The summed E-state index contributed by atoms with van der Waals surface area (Å²) in [6, 6.07) is 0. The van der Waals surface area contributed by atoms with Gasteiger partial charge in [0.1, 0.15) is 0 Å². The van der Waals surface area contributed by atoms with E-state index in [1.165, 1.54) is 0 Å². The maximum atomic E-state index is 10.8. The third-order valence-electron chi connectivity index (χ3n) is 3.81. The lowest BCUT2D eigenvalue weighted by Crippen LogP contribution is -2.43. The molecule has 1 aliphatic rings. The molecule has 1 fully saturated rings. The molecule has 0 saturated heterocycles. The highest BCUT2D eigenvalue weighted by molar-refractivity contribution is 5.86. The van der Waals surface area contributed by atoms with E-state index in [2.05, 4.69) is 12.2 Å². The minimum Gasteiger partial charge on any atom is -0.478 e. The van der Waals surface area contributed by atoms with Gasteiger partial charge >= 0.3 is 5.97 Å². The molecule has 0 radical (unpaired) electrons. The van der Waals surface area contributed by atoms with Crippen LogP contribution in [0.2, 0.25) is 0 Å². The summed E-state index contributed by atoms with van der Waals surface area (Å²) >= 11 is 0. The van der Waals surface area contributed by atoms with Crippen molar-refractivity contribution in [2.75, 3.05) is 13.1 Å². The van der Waals surface area contributed by atoms with Gasteiger partial charge in [0, 0.05) is 18.7 Å². The molecule has 104 valence electrons. The number of aliphatic carboxylic acids is 1. The molecule has 0 aliphatic heterocycles. The Morgan fingerprint density at radius 1 is 1.44 bits per heavy atom. The van der Waals surface area contributed by atoms with E-state index >= 15 is 0 Å². The summed E-state index contributed by atoms with van der Waals surface area (Å²) in [5, 5.41) is 22.3. The van der Waals surface area contributed by atoms with E-state index < -0.39 is 11.6 Å². The number of hydrogen-bond donors (Lipinski definition) is 3. The van der Waals surface area contributed by atoms with E-state index in [0.29, 0.717) is 31.0 Å². The van der Waals surface area contributed by atoms with Crippen molar-refractivity contribution < 1.29 is 15.0 Å². The highest BCUT2D eigenvalue weighted by atomic mass is 16.4. The van der Waals surface area contributed by atoms with Crippen LogP contribution in [0.4, 0.5) is 0 Å². The van der Waals surface area contributed by atoms with E-state index in [9.17, 15) is 9.90 Å². The van der Waals surface area contributed by atoms with Gasteiger partial charge in [0.05, 0.1) is 5.60 Å². The van der Waals surface area contributed by atoms with Gasteiger partial charge in [-0.2, -0.15) is 0 Å². The van der Waals surface area contributed by atoms with E-state index in [1.54, 1.807) is 6.08 Å². The number of rotatable bonds is 6. The minimum atomic E-state index is -0.857. The first-order valence-electron chi connectivity index (χ1n) is 6.82. The van der Waals surface area contributed by atoms with Crippen molar-refractivity contribution in [2.24, 2.45) is 5.92 Å². The molecule has 0 unspecified atom stereocenters. The van der Waals surface area contributed by atoms with Gasteiger partial charge in [-0.3, -0.25) is 0 Å². The van der Waals surface area contributed by atoms with Crippen LogP contribution in [0.5, 0.6) is 0 Å². The Morgan fingerprint density at radius 3 is 2.56 bits per heavy atom. The zero-order chi connectivity index (χ0) is 13.6. The molecule has 1 saturated carbocycles. The van der Waals surface area contributed by atoms with Gasteiger partial charge < -0.3 is 15.5 Å². The highest BCUT2D eigenvalue weighted by Crippen LogP contribution is 2.31. The lowest BCUT2D eigenvalue weighted by molar-refractivity contribution is -0.132. The van der Waals surface area contributed by atoms with Crippen LogP contribution < -0.4 is 5.32 Å². The Bertz CT molecular complexity index is 304. The Balaban J connectivity index is 2.31. The van der Waals surface area contributed by atoms with Crippen molar-refractivity contribution in [3.8, 4) is 0 Å². The molecule has 0 aromatic heterocycles. The molecule has 0 aromatic carbocycles. The lowest BCUT2D eigenvalue weighted by atomic mass is 9.79. The predicted molar refractivity (Wildman–Crippen MR) is 71.5 cm³/mol. The Kier molecular flexibility index (Phi) is 5.82. The van der Waals surface area contributed by atoms with Gasteiger partial charge in [-0.05, 0) is 38.0 Å². The van der Waals surface area contributed by atoms with Crippen LogP contribution in [0.15, 0.2) is 11.6 Å². The molecule has 18 heavy (non-hydrogen) atoms. The van der Waals surface area contributed by atoms with Crippen LogP contribution in [-0.2, 0) is 4.79 Å². The van der Waals surface area contributed by atoms with Gasteiger partial charge in [0.15, 0.2) is 0 Å². The highest BCUT2D eigenvalue weighted by Gasteiger charge is 2.30. The lowest BCUT2D eigenvalue weighted by Gasteiger charge is -2.35. The van der Waals surface area contributed by atoms with Crippen LogP contribution in [0.3, 0.4) is 0 Å². The second-order valence-electron chi connectivity index (χ2n) is 5.43. The molecule has 0 atom stereocenters. The minimum absolute atomic E-state index is 0.423. The van der Waals surface area contributed by atoms with Crippen LogP contribution in [0, 0.1) is 5.92 Å². The third-order valence-corrected chi connectivity index (χ3v) is 3.81. The maximum absolute atomic E-state index is 10.8. The molecule has 1 rings (SSSR count). The van der Waals surface area contributed by atoms with Gasteiger partial charge in [-0.15, -0.1) is 0 Å². The molecule has 0 bridgehead atoms. The molecular formula is C14H25NO3. The number of carbonyl (C=O) groups is 1. The monoisotopic (exact) mass is 255 g/mol. The van der Waals surface area contributed by atoms with Crippen molar-refractivity contribution in [3.05, 3.63) is 11.6 Å². The van der Waals surface area contributed by atoms with Crippen molar-refractivity contribution in [1.82, 2.24) is 5.32 Å². The van der Waals surface area contributed by atoms with E-state index in [1.807, 2.05) is 6.92 Å². The topological polar surface area (TPSA) is 69.6 Å². The fourth-order valence-electron chi connectivity index (χ4n) is 2.36. The van der Waals surface area contributed by atoms with Crippen LogP contribution in [0.1, 0.15) is 46.0 Å². The van der Waals surface area contributed by atoms with E-state index in [4.69, 9.17) is 5.11 Å². The Morgan fingerprint density at radius 2 is 2.06 bits per heavy atom. The normalized spacial score (nSPS) is 29.3.